The highest BCUT2D eigenvalue weighted by Gasteiger charge is 2.16. The molecule has 1 aliphatic carbocycles. The lowest BCUT2D eigenvalue weighted by molar-refractivity contribution is 0.248. The molecule has 2 amide bonds. The van der Waals surface area contributed by atoms with E-state index >= 15 is 0 Å². The standard InChI is InChI=1S/C14H17N5O/c20-14(17-11-4-1-2-5-11)18-12-6-7-13(15-10-12)19-9-3-8-16-19/h3,6-11H,1-2,4-5H2,(H2,17,18,20). The maximum atomic E-state index is 11.8. The molecule has 0 aromatic carbocycles. The molecule has 2 heterocycles. The summed E-state index contributed by atoms with van der Waals surface area (Å²) in [7, 11) is 0. The van der Waals surface area contributed by atoms with Crippen molar-refractivity contribution in [3.63, 3.8) is 0 Å². The van der Waals surface area contributed by atoms with Gasteiger partial charge in [-0.2, -0.15) is 5.10 Å². The van der Waals surface area contributed by atoms with Gasteiger partial charge in [0.1, 0.15) is 0 Å². The van der Waals surface area contributed by atoms with Crippen molar-refractivity contribution < 1.29 is 4.79 Å². The summed E-state index contributed by atoms with van der Waals surface area (Å²) < 4.78 is 1.67. The van der Waals surface area contributed by atoms with Crippen LogP contribution in [0.3, 0.4) is 0 Å². The minimum absolute atomic E-state index is 0.162. The molecule has 0 spiro atoms. The number of amides is 2. The Morgan fingerprint density at radius 2 is 2.15 bits per heavy atom. The number of rotatable bonds is 3. The Hall–Kier alpha value is -2.37. The maximum Gasteiger partial charge on any atom is 0.319 e. The van der Waals surface area contributed by atoms with Crippen LogP contribution in [0.15, 0.2) is 36.8 Å². The van der Waals surface area contributed by atoms with Crippen LogP contribution in [-0.4, -0.2) is 26.8 Å². The molecule has 0 unspecified atom stereocenters. The molecule has 0 bridgehead atoms. The van der Waals surface area contributed by atoms with Crippen LogP contribution in [0.5, 0.6) is 0 Å². The van der Waals surface area contributed by atoms with Gasteiger partial charge in [-0.05, 0) is 31.0 Å². The Balaban J connectivity index is 1.59. The summed E-state index contributed by atoms with van der Waals surface area (Å²) in [6.07, 6.45) is 9.69. The third-order valence-electron chi connectivity index (χ3n) is 3.44. The molecule has 1 aliphatic rings. The average Bonchev–Trinajstić information content (AvgIpc) is 3.12. The van der Waals surface area contributed by atoms with E-state index in [9.17, 15) is 4.79 Å². The molecule has 6 nitrogen and oxygen atoms in total. The summed E-state index contributed by atoms with van der Waals surface area (Å²) in [6.45, 7) is 0. The van der Waals surface area contributed by atoms with Crippen LogP contribution in [-0.2, 0) is 0 Å². The fourth-order valence-electron chi connectivity index (χ4n) is 2.42. The number of aromatic nitrogens is 3. The number of hydrogen-bond acceptors (Lipinski definition) is 3. The number of carbonyl (C=O) groups excluding carboxylic acids is 1. The van der Waals surface area contributed by atoms with E-state index < -0.39 is 0 Å². The molecule has 104 valence electrons. The first-order valence-corrected chi connectivity index (χ1v) is 6.85. The smallest absolute Gasteiger partial charge is 0.319 e. The predicted octanol–water partition coefficient (Wildman–Crippen LogP) is 2.33. The minimum atomic E-state index is -0.162. The third-order valence-corrected chi connectivity index (χ3v) is 3.44. The topological polar surface area (TPSA) is 71.8 Å². The van der Waals surface area contributed by atoms with Crippen LogP contribution >= 0.6 is 0 Å². The first-order chi connectivity index (χ1) is 9.81. The monoisotopic (exact) mass is 271 g/mol. The summed E-state index contributed by atoms with van der Waals surface area (Å²) in [6, 6.07) is 5.62. The zero-order chi connectivity index (χ0) is 13.8. The summed E-state index contributed by atoms with van der Waals surface area (Å²) >= 11 is 0. The number of hydrogen-bond donors (Lipinski definition) is 2. The minimum Gasteiger partial charge on any atom is -0.335 e. The van der Waals surface area contributed by atoms with Crippen LogP contribution < -0.4 is 10.6 Å². The van der Waals surface area contributed by atoms with E-state index in [0.29, 0.717) is 11.7 Å². The summed E-state index contributed by atoms with van der Waals surface area (Å²) in [5.74, 6) is 0.719. The number of nitrogens with one attached hydrogen (secondary N) is 2. The fourth-order valence-corrected chi connectivity index (χ4v) is 2.42. The molecule has 0 atom stereocenters. The van der Waals surface area contributed by atoms with Gasteiger partial charge in [0, 0.05) is 18.4 Å². The molecule has 2 N–H and O–H groups in total. The number of urea groups is 1. The second-order valence-corrected chi connectivity index (χ2v) is 4.94. The van der Waals surface area contributed by atoms with Crippen molar-refractivity contribution in [1.29, 1.82) is 0 Å². The largest absolute Gasteiger partial charge is 0.335 e. The highest BCUT2D eigenvalue weighted by atomic mass is 16.2. The van der Waals surface area contributed by atoms with Crippen molar-refractivity contribution in [2.75, 3.05) is 5.32 Å². The Labute approximate surface area is 117 Å². The predicted molar refractivity (Wildman–Crippen MR) is 75.8 cm³/mol. The lowest BCUT2D eigenvalue weighted by atomic mass is 10.2. The molecule has 2 aromatic heterocycles. The Kier molecular flexibility index (Phi) is 3.62. The lowest BCUT2D eigenvalue weighted by Crippen LogP contribution is -2.36. The van der Waals surface area contributed by atoms with Crippen LogP contribution in [0.25, 0.3) is 5.82 Å². The molecule has 6 heteroatoms. The van der Waals surface area contributed by atoms with Crippen molar-refractivity contribution in [1.82, 2.24) is 20.1 Å². The van der Waals surface area contributed by atoms with E-state index in [0.717, 1.165) is 18.7 Å². The van der Waals surface area contributed by atoms with Crippen LogP contribution in [0.4, 0.5) is 10.5 Å². The van der Waals surface area contributed by atoms with E-state index in [4.69, 9.17) is 0 Å². The van der Waals surface area contributed by atoms with Gasteiger partial charge in [-0.3, -0.25) is 0 Å². The van der Waals surface area contributed by atoms with Gasteiger partial charge in [-0.15, -0.1) is 0 Å². The van der Waals surface area contributed by atoms with Gasteiger partial charge in [0.2, 0.25) is 0 Å². The molecule has 0 saturated heterocycles. The quantitative estimate of drug-likeness (QED) is 0.900. The zero-order valence-corrected chi connectivity index (χ0v) is 11.1. The van der Waals surface area contributed by atoms with Gasteiger partial charge >= 0.3 is 6.03 Å². The highest BCUT2D eigenvalue weighted by molar-refractivity contribution is 5.89. The second-order valence-electron chi connectivity index (χ2n) is 4.94. The average molecular weight is 271 g/mol. The van der Waals surface area contributed by atoms with Crippen LogP contribution in [0, 0.1) is 0 Å². The molecular formula is C14H17N5O. The van der Waals surface area contributed by atoms with Gasteiger partial charge in [-0.1, -0.05) is 12.8 Å². The zero-order valence-electron chi connectivity index (χ0n) is 11.1. The van der Waals surface area contributed by atoms with E-state index in [2.05, 4.69) is 20.7 Å². The van der Waals surface area contributed by atoms with E-state index in [1.807, 2.05) is 24.4 Å². The number of pyridine rings is 1. The van der Waals surface area contributed by atoms with Gasteiger partial charge < -0.3 is 10.6 Å². The first-order valence-electron chi connectivity index (χ1n) is 6.85. The summed E-state index contributed by atoms with van der Waals surface area (Å²) in [5, 5.41) is 9.87. The molecule has 1 fully saturated rings. The Morgan fingerprint density at radius 3 is 2.80 bits per heavy atom. The molecule has 1 saturated carbocycles. The molecule has 20 heavy (non-hydrogen) atoms. The second kappa shape index (κ2) is 5.73. The van der Waals surface area contributed by atoms with Crippen molar-refractivity contribution in [2.45, 2.75) is 31.7 Å². The maximum absolute atomic E-state index is 11.8. The Morgan fingerprint density at radius 1 is 1.30 bits per heavy atom. The van der Waals surface area contributed by atoms with Crippen molar-refractivity contribution in [3.05, 3.63) is 36.8 Å². The first kappa shape index (κ1) is 12.7. The molecule has 2 aromatic rings. The highest BCUT2D eigenvalue weighted by Crippen LogP contribution is 2.17. The fraction of sp³-hybridized carbons (Fsp3) is 0.357. The molecule has 3 rings (SSSR count). The molecule has 0 aliphatic heterocycles. The van der Waals surface area contributed by atoms with E-state index in [1.54, 1.807) is 17.1 Å². The number of anilines is 1. The van der Waals surface area contributed by atoms with Crippen molar-refractivity contribution in [2.24, 2.45) is 0 Å². The third kappa shape index (κ3) is 2.96. The van der Waals surface area contributed by atoms with Gasteiger partial charge in [-0.25, -0.2) is 14.5 Å². The molecular weight excluding hydrogens is 254 g/mol. The Bertz CT molecular complexity index is 558. The number of carbonyl (C=O) groups is 1. The van der Waals surface area contributed by atoms with E-state index in [-0.39, 0.29) is 6.03 Å². The van der Waals surface area contributed by atoms with Gasteiger partial charge in [0.05, 0.1) is 11.9 Å². The lowest BCUT2D eigenvalue weighted by Gasteiger charge is -2.12. The summed E-state index contributed by atoms with van der Waals surface area (Å²) in [4.78, 5) is 16.1. The van der Waals surface area contributed by atoms with Crippen LogP contribution in [0.1, 0.15) is 25.7 Å². The van der Waals surface area contributed by atoms with Crippen molar-refractivity contribution in [3.8, 4) is 5.82 Å². The van der Waals surface area contributed by atoms with Crippen molar-refractivity contribution >= 4 is 11.7 Å². The molecule has 0 radical (unpaired) electrons. The van der Waals surface area contributed by atoms with E-state index in [1.165, 1.54) is 12.8 Å². The SMILES string of the molecule is O=C(Nc1ccc(-n2cccn2)nc1)NC1CCCC1. The normalized spacial score (nSPS) is 15.2. The van der Waals surface area contributed by atoms with Gasteiger partial charge in [0.15, 0.2) is 5.82 Å². The summed E-state index contributed by atoms with van der Waals surface area (Å²) in [5.41, 5.74) is 0.677. The van der Waals surface area contributed by atoms with Crippen LogP contribution in [0.2, 0.25) is 0 Å². The number of nitrogens with zero attached hydrogens (tertiary/aromatic N) is 3. The van der Waals surface area contributed by atoms with Gasteiger partial charge in [0.25, 0.3) is 0 Å².